The van der Waals surface area contributed by atoms with Gasteiger partial charge in [0.15, 0.2) is 9.84 Å². The number of sulfone groups is 1. The average Bonchev–Trinajstić information content (AvgIpc) is 3.27. The van der Waals surface area contributed by atoms with E-state index in [1.54, 1.807) is 15.8 Å². The lowest BCUT2D eigenvalue weighted by atomic mass is 10.1. The summed E-state index contributed by atoms with van der Waals surface area (Å²) in [7, 11) is -3.19. The molecule has 0 radical (unpaired) electrons. The lowest BCUT2D eigenvalue weighted by Gasteiger charge is -2.34. The Labute approximate surface area is 151 Å². The predicted molar refractivity (Wildman–Crippen MR) is 98.6 cm³/mol. The molecule has 0 bridgehead atoms. The second-order valence-electron chi connectivity index (χ2n) is 6.53. The van der Waals surface area contributed by atoms with Crippen LogP contribution in [0, 0.1) is 0 Å². The number of aromatic nitrogens is 3. The van der Waals surface area contributed by atoms with Crippen molar-refractivity contribution in [1.29, 1.82) is 0 Å². The highest BCUT2D eigenvalue weighted by molar-refractivity contribution is 7.91. The van der Waals surface area contributed by atoms with Crippen LogP contribution in [0.4, 0.5) is 0 Å². The molecule has 1 amide bonds. The number of para-hydroxylation sites is 1. The van der Waals surface area contributed by atoms with Crippen molar-refractivity contribution in [2.24, 2.45) is 0 Å². The van der Waals surface area contributed by atoms with Crippen LogP contribution in [0.2, 0.25) is 0 Å². The number of fused-ring (bicyclic) bond motifs is 1. The summed E-state index contributed by atoms with van der Waals surface area (Å²) in [5.41, 5.74) is 2.11. The predicted octanol–water partition coefficient (Wildman–Crippen LogP) is 2.00. The van der Waals surface area contributed by atoms with Crippen LogP contribution in [0.5, 0.6) is 0 Å². The highest BCUT2D eigenvalue weighted by Gasteiger charge is 2.36. The van der Waals surface area contributed by atoms with Crippen molar-refractivity contribution in [3.63, 3.8) is 0 Å². The molecule has 1 fully saturated rings. The molecule has 1 atom stereocenters. The van der Waals surface area contributed by atoms with Gasteiger partial charge in [-0.3, -0.25) is 9.48 Å². The Morgan fingerprint density at radius 3 is 2.88 bits per heavy atom. The van der Waals surface area contributed by atoms with E-state index >= 15 is 0 Å². The van der Waals surface area contributed by atoms with Crippen molar-refractivity contribution < 1.29 is 13.2 Å². The van der Waals surface area contributed by atoms with Crippen molar-refractivity contribution in [1.82, 2.24) is 19.7 Å². The van der Waals surface area contributed by atoms with Gasteiger partial charge >= 0.3 is 0 Å². The van der Waals surface area contributed by atoms with E-state index in [1.807, 2.05) is 43.5 Å². The number of amides is 1. The van der Waals surface area contributed by atoms with Gasteiger partial charge in [0.05, 0.1) is 23.7 Å². The number of benzene rings is 1. The first-order valence-corrected chi connectivity index (χ1v) is 10.4. The normalized spacial score (nSPS) is 19.7. The van der Waals surface area contributed by atoms with Crippen LogP contribution in [0.3, 0.4) is 0 Å². The Balaban J connectivity index is 1.70. The van der Waals surface area contributed by atoms with Gasteiger partial charge in [0.1, 0.15) is 5.69 Å². The maximum absolute atomic E-state index is 13.1. The molecule has 4 rings (SSSR count). The Morgan fingerprint density at radius 1 is 1.35 bits per heavy atom. The molecule has 3 heterocycles. The van der Waals surface area contributed by atoms with E-state index in [9.17, 15) is 13.2 Å². The van der Waals surface area contributed by atoms with Gasteiger partial charge in [-0.1, -0.05) is 18.2 Å². The molecule has 136 valence electrons. The summed E-state index contributed by atoms with van der Waals surface area (Å²) in [4.78, 5) is 17.9. The molecule has 26 heavy (non-hydrogen) atoms. The van der Waals surface area contributed by atoms with Gasteiger partial charge in [-0.15, -0.1) is 0 Å². The average molecular weight is 372 g/mol. The first-order chi connectivity index (χ1) is 12.5. The van der Waals surface area contributed by atoms with Gasteiger partial charge in [-0.05, 0) is 19.1 Å². The number of H-pyrrole nitrogens is 1. The summed E-state index contributed by atoms with van der Waals surface area (Å²) in [6, 6.07) is 8.96. The number of aryl methyl sites for hydroxylation is 1. The van der Waals surface area contributed by atoms with Crippen LogP contribution in [-0.2, 0) is 16.4 Å². The molecule has 1 aromatic carbocycles. The molecule has 0 unspecified atom stereocenters. The molecule has 8 heteroatoms. The Hall–Kier alpha value is -2.61. The Kier molecular flexibility index (Phi) is 4.07. The lowest BCUT2D eigenvalue weighted by Crippen LogP contribution is -2.46. The molecule has 1 N–H and O–H groups in total. The van der Waals surface area contributed by atoms with Gasteiger partial charge in [0, 0.05) is 35.8 Å². The molecule has 0 aliphatic carbocycles. The molecular weight excluding hydrogens is 352 g/mol. The van der Waals surface area contributed by atoms with Crippen LogP contribution in [-0.4, -0.2) is 52.0 Å². The number of hydrogen-bond acceptors (Lipinski definition) is 4. The smallest absolute Gasteiger partial charge is 0.270 e. The first kappa shape index (κ1) is 16.8. The number of carbonyl (C=O) groups excluding carboxylic acids is 1. The van der Waals surface area contributed by atoms with Crippen LogP contribution in [0.25, 0.3) is 10.9 Å². The van der Waals surface area contributed by atoms with E-state index < -0.39 is 15.9 Å². The minimum atomic E-state index is -3.19. The topological polar surface area (TPSA) is 88.1 Å². The van der Waals surface area contributed by atoms with Crippen LogP contribution in [0.15, 0.2) is 42.7 Å². The Bertz CT molecular complexity index is 1030. The molecule has 1 aliphatic heterocycles. The highest BCUT2D eigenvalue weighted by Crippen LogP contribution is 2.29. The minimum Gasteiger partial charge on any atom is -0.351 e. The standard InChI is InChI=1S/C18H20N4O3S/c1-2-21-11-14(10-19-21)17-12-26(24,25)8-7-22(17)18(23)16-9-13-5-3-4-6-15(13)20-16/h3-6,9-11,17,20H,2,7-8,12H2,1H3/t17-/m0/s1. The van der Waals surface area contributed by atoms with Gasteiger partial charge < -0.3 is 9.88 Å². The molecular formula is C18H20N4O3S. The van der Waals surface area contributed by atoms with Gasteiger partial charge in [-0.2, -0.15) is 5.10 Å². The SMILES string of the molecule is CCn1cc([C@@H]2CS(=O)(=O)CCN2C(=O)c2cc3ccccc3[nH]2)cn1. The van der Waals surface area contributed by atoms with Crippen molar-refractivity contribution >= 4 is 26.6 Å². The number of rotatable bonds is 3. The van der Waals surface area contributed by atoms with Crippen molar-refractivity contribution in [3.8, 4) is 0 Å². The number of hydrogen-bond donors (Lipinski definition) is 1. The zero-order valence-corrected chi connectivity index (χ0v) is 15.2. The third-order valence-electron chi connectivity index (χ3n) is 4.81. The van der Waals surface area contributed by atoms with Gasteiger partial charge in [-0.25, -0.2) is 8.42 Å². The number of nitrogens with one attached hydrogen (secondary N) is 1. The summed E-state index contributed by atoms with van der Waals surface area (Å²) >= 11 is 0. The molecule has 1 aliphatic rings. The Morgan fingerprint density at radius 2 is 2.15 bits per heavy atom. The fraction of sp³-hybridized carbons (Fsp3) is 0.333. The maximum Gasteiger partial charge on any atom is 0.270 e. The molecule has 2 aromatic heterocycles. The largest absolute Gasteiger partial charge is 0.351 e. The number of carbonyl (C=O) groups is 1. The monoisotopic (exact) mass is 372 g/mol. The van der Waals surface area contributed by atoms with E-state index in [4.69, 9.17) is 0 Å². The lowest BCUT2D eigenvalue weighted by molar-refractivity contribution is 0.0692. The summed E-state index contributed by atoms with van der Waals surface area (Å²) in [5.74, 6) is -0.281. The molecule has 7 nitrogen and oxygen atoms in total. The van der Waals surface area contributed by atoms with E-state index in [-0.39, 0.29) is 24.0 Å². The molecule has 0 saturated carbocycles. The molecule has 3 aromatic rings. The van der Waals surface area contributed by atoms with E-state index in [2.05, 4.69) is 10.1 Å². The summed E-state index contributed by atoms with van der Waals surface area (Å²) in [6.07, 6.45) is 3.47. The van der Waals surface area contributed by atoms with Crippen LogP contribution < -0.4 is 0 Å². The van der Waals surface area contributed by atoms with E-state index in [1.165, 1.54) is 0 Å². The van der Waals surface area contributed by atoms with E-state index in [0.29, 0.717) is 12.2 Å². The zero-order valence-electron chi connectivity index (χ0n) is 14.4. The zero-order chi connectivity index (χ0) is 18.3. The fourth-order valence-corrected chi connectivity index (χ4v) is 4.89. The minimum absolute atomic E-state index is 0.0165. The van der Waals surface area contributed by atoms with E-state index in [0.717, 1.165) is 16.5 Å². The number of nitrogens with zero attached hydrogens (tertiary/aromatic N) is 3. The first-order valence-electron chi connectivity index (χ1n) is 8.58. The van der Waals surface area contributed by atoms with Crippen molar-refractivity contribution in [2.75, 3.05) is 18.1 Å². The maximum atomic E-state index is 13.1. The van der Waals surface area contributed by atoms with Gasteiger partial charge in [0.2, 0.25) is 0 Å². The highest BCUT2D eigenvalue weighted by atomic mass is 32.2. The fourth-order valence-electron chi connectivity index (χ4n) is 3.39. The summed E-state index contributed by atoms with van der Waals surface area (Å²) in [5, 5.41) is 5.19. The van der Waals surface area contributed by atoms with Crippen LogP contribution in [0.1, 0.15) is 29.0 Å². The summed E-state index contributed by atoms with van der Waals surface area (Å²) in [6.45, 7) is 2.83. The van der Waals surface area contributed by atoms with Crippen molar-refractivity contribution in [3.05, 3.63) is 54.0 Å². The third-order valence-corrected chi connectivity index (χ3v) is 6.44. The summed E-state index contributed by atoms with van der Waals surface area (Å²) < 4.78 is 26.1. The second-order valence-corrected chi connectivity index (χ2v) is 8.76. The molecule has 1 saturated heterocycles. The van der Waals surface area contributed by atoms with Gasteiger partial charge in [0.25, 0.3) is 5.91 Å². The second kappa shape index (κ2) is 6.28. The van der Waals surface area contributed by atoms with Crippen LogP contribution >= 0.6 is 0 Å². The third kappa shape index (κ3) is 3.01. The molecule has 0 spiro atoms. The number of aromatic amines is 1. The quantitative estimate of drug-likeness (QED) is 0.762. The van der Waals surface area contributed by atoms with Crippen molar-refractivity contribution in [2.45, 2.75) is 19.5 Å².